The predicted molar refractivity (Wildman–Crippen MR) is 51.1 cm³/mol. The van der Waals surface area contributed by atoms with E-state index in [2.05, 4.69) is 0 Å². The van der Waals surface area contributed by atoms with E-state index in [4.69, 9.17) is 5.73 Å². The van der Waals surface area contributed by atoms with Crippen LogP contribution in [0.2, 0.25) is 0 Å². The minimum absolute atomic E-state index is 0.0477. The number of rotatable bonds is 3. The van der Waals surface area contributed by atoms with Crippen LogP contribution in [0.3, 0.4) is 0 Å². The topological polar surface area (TPSA) is 26.0 Å². The molecule has 2 N–H and O–H groups in total. The average molecular weight is 179 g/mol. The summed E-state index contributed by atoms with van der Waals surface area (Å²) in [6, 6.07) is 5.53. The molecule has 1 fully saturated rings. The molecule has 1 nitrogen and oxygen atoms in total. The van der Waals surface area contributed by atoms with Crippen LogP contribution in [0, 0.1) is 5.82 Å². The Kier molecular flexibility index (Phi) is 2.32. The van der Waals surface area contributed by atoms with Gasteiger partial charge in [-0.3, -0.25) is 0 Å². The third-order valence-corrected chi connectivity index (χ3v) is 2.52. The second kappa shape index (κ2) is 3.46. The molecule has 0 spiro atoms. The van der Waals surface area contributed by atoms with Crippen molar-refractivity contribution in [3.8, 4) is 0 Å². The molecule has 0 unspecified atom stereocenters. The number of benzene rings is 1. The molecule has 2 rings (SSSR count). The van der Waals surface area contributed by atoms with E-state index in [9.17, 15) is 4.39 Å². The first-order chi connectivity index (χ1) is 6.31. The second-order valence-corrected chi connectivity index (χ2v) is 3.67. The first kappa shape index (κ1) is 8.70. The smallest absolute Gasteiger partial charge is 0.126 e. The van der Waals surface area contributed by atoms with Crippen LogP contribution in [0.5, 0.6) is 0 Å². The summed E-state index contributed by atoms with van der Waals surface area (Å²) in [5, 5.41) is 0. The SMILES string of the molecule is NCCc1ccc(C2CC2)c(F)c1. The lowest BCUT2D eigenvalue weighted by atomic mass is 10.1. The highest BCUT2D eigenvalue weighted by atomic mass is 19.1. The molecule has 13 heavy (non-hydrogen) atoms. The third kappa shape index (κ3) is 1.89. The Labute approximate surface area is 77.8 Å². The first-order valence-corrected chi connectivity index (χ1v) is 4.79. The maximum absolute atomic E-state index is 13.4. The van der Waals surface area contributed by atoms with Crippen molar-refractivity contribution in [3.63, 3.8) is 0 Å². The van der Waals surface area contributed by atoms with Crippen LogP contribution in [-0.4, -0.2) is 6.54 Å². The Morgan fingerprint density at radius 3 is 2.69 bits per heavy atom. The summed E-state index contributed by atoms with van der Waals surface area (Å²) in [5.41, 5.74) is 7.29. The van der Waals surface area contributed by atoms with Gasteiger partial charge in [-0.05, 0) is 48.9 Å². The molecule has 0 radical (unpaired) electrons. The van der Waals surface area contributed by atoms with Gasteiger partial charge in [-0.15, -0.1) is 0 Å². The van der Waals surface area contributed by atoms with Gasteiger partial charge in [0.1, 0.15) is 5.82 Å². The zero-order valence-corrected chi connectivity index (χ0v) is 7.59. The molecule has 0 aliphatic heterocycles. The first-order valence-electron chi connectivity index (χ1n) is 4.79. The summed E-state index contributed by atoms with van der Waals surface area (Å²) in [6.07, 6.45) is 3.06. The van der Waals surface area contributed by atoms with Crippen molar-refractivity contribution in [1.29, 1.82) is 0 Å². The zero-order valence-electron chi connectivity index (χ0n) is 7.59. The molecule has 1 aliphatic carbocycles. The molecule has 0 saturated heterocycles. The van der Waals surface area contributed by atoms with Crippen LogP contribution in [0.25, 0.3) is 0 Å². The van der Waals surface area contributed by atoms with E-state index in [-0.39, 0.29) is 5.82 Å². The minimum Gasteiger partial charge on any atom is -0.330 e. The maximum Gasteiger partial charge on any atom is 0.126 e. The highest BCUT2D eigenvalue weighted by Crippen LogP contribution is 2.41. The lowest BCUT2D eigenvalue weighted by Gasteiger charge is -2.03. The summed E-state index contributed by atoms with van der Waals surface area (Å²) >= 11 is 0. The van der Waals surface area contributed by atoms with Crippen LogP contribution in [-0.2, 0) is 6.42 Å². The van der Waals surface area contributed by atoms with Gasteiger partial charge in [-0.25, -0.2) is 4.39 Å². The molecular formula is C11H14FN. The standard InChI is InChI=1S/C11H14FN/c12-11-7-8(5-6-13)1-4-10(11)9-2-3-9/h1,4,7,9H,2-3,5-6,13H2. The molecule has 0 heterocycles. The van der Waals surface area contributed by atoms with Gasteiger partial charge >= 0.3 is 0 Å². The van der Waals surface area contributed by atoms with Crippen molar-refractivity contribution < 1.29 is 4.39 Å². The average Bonchev–Trinajstić information content (AvgIpc) is 2.88. The van der Waals surface area contributed by atoms with Gasteiger partial charge in [0.2, 0.25) is 0 Å². The van der Waals surface area contributed by atoms with E-state index < -0.39 is 0 Å². The Morgan fingerprint density at radius 2 is 2.15 bits per heavy atom. The number of hydrogen-bond acceptors (Lipinski definition) is 1. The van der Waals surface area contributed by atoms with E-state index >= 15 is 0 Å². The van der Waals surface area contributed by atoms with Crippen LogP contribution in [0.1, 0.15) is 29.9 Å². The van der Waals surface area contributed by atoms with Gasteiger partial charge in [0.25, 0.3) is 0 Å². The number of nitrogens with two attached hydrogens (primary N) is 1. The van der Waals surface area contributed by atoms with Crippen molar-refractivity contribution in [2.24, 2.45) is 5.73 Å². The van der Waals surface area contributed by atoms with Crippen LogP contribution < -0.4 is 5.73 Å². The molecule has 0 atom stereocenters. The molecule has 1 aliphatic rings. The van der Waals surface area contributed by atoms with Crippen LogP contribution in [0.4, 0.5) is 4.39 Å². The van der Waals surface area contributed by atoms with Gasteiger partial charge in [0.15, 0.2) is 0 Å². The predicted octanol–water partition coefficient (Wildman–Crippen LogP) is 2.20. The van der Waals surface area contributed by atoms with Gasteiger partial charge in [0, 0.05) is 0 Å². The Balaban J connectivity index is 2.21. The van der Waals surface area contributed by atoms with E-state index in [0.29, 0.717) is 12.5 Å². The Morgan fingerprint density at radius 1 is 1.38 bits per heavy atom. The Bertz CT molecular complexity index is 305. The maximum atomic E-state index is 13.4. The van der Waals surface area contributed by atoms with E-state index in [1.54, 1.807) is 6.07 Å². The molecule has 1 saturated carbocycles. The summed E-state index contributed by atoms with van der Waals surface area (Å²) < 4.78 is 13.4. The monoisotopic (exact) mass is 179 g/mol. The summed E-state index contributed by atoms with van der Waals surface area (Å²) in [6.45, 7) is 0.586. The van der Waals surface area contributed by atoms with Crippen molar-refractivity contribution in [2.75, 3.05) is 6.54 Å². The van der Waals surface area contributed by atoms with Crippen LogP contribution >= 0.6 is 0 Å². The molecular weight excluding hydrogens is 165 g/mol. The molecule has 0 aromatic heterocycles. The third-order valence-electron chi connectivity index (χ3n) is 2.52. The van der Waals surface area contributed by atoms with Gasteiger partial charge in [-0.1, -0.05) is 12.1 Å². The van der Waals surface area contributed by atoms with Gasteiger partial charge < -0.3 is 5.73 Å². The fraction of sp³-hybridized carbons (Fsp3) is 0.455. The van der Waals surface area contributed by atoms with Crippen molar-refractivity contribution >= 4 is 0 Å². The molecule has 1 aromatic carbocycles. The molecule has 0 bridgehead atoms. The number of hydrogen-bond donors (Lipinski definition) is 1. The quantitative estimate of drug-likeness (QED) is 0.756. The fourth-order valence-electron chi connectivity index (χ4n) is 1.62. The fourth-order valence-corrected chi connectivity index (χ4v) is 1.62. The van der Waals surface area contributed by atoms with Gasteiger partial charge in [0.05, 0.1) is 0 Å². The van der Waals surface area contributed by atoms with Gasteiger partial charge in [-0.2, -0.15) is 0 Å². The van der Waals surface area contributed by atoms with Crippen molar-refractivity contribution in [1.82, 2.24) is 0 Å². The second-order valence-electron chi connectivity index (χ2n) is 3.67. The van der Waals surface area contributed by atoms with Crippen LogP contribution in [0.15, 0.2) is 18.2 Å². The summed E-state index contributed by atoms with van der Waals surface area (Å²) in [4.78, 5) is 0. The molecule has 0 amide bonds. The lowest BCUT2D eigenvalue weighted by Crippen LogP contribution is -2.03. The summed E-state index contributed by atoms with van der Waals surface area (Å²) in [5.74, 6) is 0.445. The number of halogens is 1. The molecule has 1 aromatic rings. The van der Waals surface area contributed by atoms with Crippen molar-refractivity contribution in [3.05, 3.63) is 35.1 Å². The van der Waals surface area contributed by atoms with Crippen molar-refractivity contribution in [2.45, 2.75) is 25.2 Å². The van der Waals surface area contributed by atoms with E-state index in [1.807, 2.05) is 12.1 Å². The zero-order chi connectivity index (χ0) is 9.26. The normalized spacial score (nSPS) is 16.2. The lowest BCUT2D eigenvalue weighted by molar-refractivity contribution is 0.608. The highest BCUT2D eigenvalue weighted by molar-refractivity contribution is 5.29. The minimum atomic E-state index is -0.0477. The summed E-state index contributed by atoms with van der Waals surface area (Å²) in [7, 11) is 0. The Hall–Kier alpha value is -0.890. The molecule has 2 heteroatoms. The largest absolute Gasteiger partial charge is 0.330 e. The highest BCUT2D eigenvalue weighted by Gasteiger charge is 2.26. The molecule has 70 valence electrons. The van der Waals surface area contributed by atoms with E-state index in [0.717, 1.165) is 30.4 Å². The van der Waals surface area contributed by atoms with E-state index in [1.165, 1.54) is 0 Å².